The Labute approximate surface area is 170 Å². The summed E-state index contributed by atoms with van der Waals surface area (Å²) in [5.74, 6) is 0.508. The van der Waals surface area contributed by atoms with Crippen LogP contribution in [0.2, 0.25) is 0 Å². The molecule has 2 N–H and O–H groups in total. The van der Waals surface area contributed by atoms with Crippen molar-refractivity contribution in [3.63, 3.8) is 0 Å². The first kappa shape index (κ1) is 20.1. The van der Waals surface area contributed by atoms with E-state index in [2.05, 4.69) is 16.8 Å². The van der Waals surface area contributed by atoms with Crippen LogP contribution >= 0.6 is 23.1 Å². The van der Waals surface area contributed by atoms with Crippen molar-refractivity contribution in [1.82, 2.24) is 5.32 Å². The van der Waals surface area contributed by atoms with Gasteiger partial charge >= 0.3 is 0 Å². The predicted molar refractivity (Wildman–Crippen MR) is 111 cm³/mol. The third kappa shape index (κ3) is 5.19. The molecule has 0 aliphatic carbocycles. The molecule has 1 atom stereocenters. The van der Waals surface area contributed by atoms with Crippen molar-refractivity contribution in [3.05, 3.63) is 92.2 Å². The number of rotatable bonds is 8. The fraction of sp³-hybridized carbons (Fsp3) is 0.150. The first-order valence-electron chi connectivity index (χ1n) is 8.48. The molecule has 1 aromatic heterocycles. The van der Waals surface area contributed by atoms with Gasteiger partial charge in [-0.15, -0.1) is 11.8 Å². The van der Waals surface area contributed by atoms with E-state index in [9.17, 15) is 20.0 Å². The van der Waals surface area contributed by atoms with Gasteiger partial charge in [0.1, 0.15) is 0 Å². The zero-order valence-corrected chi connectivity index (χ0v) is 16.4. The lowest BCUT2D eigenvalue weighted by Crippen LogP contribution is -2.28. The third-order valence-electron chi connectivity index (χ3n) is 4.05. The van der Waals surface area contributed by atoms with Gasteiger partial charge in [0.2, 0.25) is 0 Å². The van der Waals surface area contributed by atoms with Gasteiger partial charge in [-0.2, -0.15) is 11.3 Å². The molecule has 0 aliphatic heterocycles. The molecular formula is C20H18N2O4S2. The number of hydrogen-bond acceptors (Lipinski definition) is 6. The number of nitrogens with one attached hydrogen (secondary N) is 1. The number of benzene rings is 2. The summed E-state index contributed by atoms with van der Waals surface area (Å²) in [6, 6.07) is 15.0. The highest BCUT2D eigenvalue weighted by Gasteiger charge is 2.15. The Balaban J connectivity index is 1.60. The minimum atomic E-state index is -0.949. The third-order valence-corrected chi connectivity index (χ3v) is 5.93. The van der Waals surface area contributed by atoms with Gasteiger partial charge in [-0.05, 0) is 52.2 Å². The van der Waals surface area contributed by atoms with Gasteiger partial charge in [0, 0.05) is 29.3 Å². The number of thioether (sulfide) groups is 1. The van der Waals surface area contributed by atoms with E-state index < -0.39 is 11.0 Å². The minimum Gasteiger partial charge on any atom is -0.387 e. The quantitative estimate of drug-likeness (QED) is 0.324. The largest absolute Gasteiger partial charge is 0.387 e. The average Bonchev–Trinajstić information content (AvgIpc) is 3.24. The molecule has 2 aromatic carbocycles. The lowest BCUT2D eigenvalue weighted by Gasteiger charge is -2.14. The zero-order chi connectivity index (χ0) is 19.9. The summed E-state index contributed by atoms with van der Waals surface area (Å²) in [5.41, 5.74) is 2.22. The number of thiophene rings is 1. The summed E-state index contributed by atoms with van der Waals surface area (Å²) in [5, 5.41) is 27.8. The molecule has 8 heteroatoms. The lowest BCUT2D eigenvalue weighted by atomic mass is 10.1. The number of hydrogen-bond donors (Lipinski definition) is 2. The first-order chi connectivity index (χ1) is 13.5. The molecule has 1 amide bonds. The molecule has 0 saturated carbocycles. The van der Waals surface area contributed by atoms with Gasteiger partial charge < -0.3 is 10.4 Å². The number of aliphatic hydroxyl groups excluding tert-OH is 1. The van der Waals surface area contributed by atoms with Gasteiger partial charge in [-0.3, -0.25) is 14.9 Å². The average molecular weight is 415 g/mol. The second-order valence-corrected chi connectivity index (χ2v) is 7.79. The normalized spacial score (nSPS) is 11.8. The Bertz CT molecular complexity index is 943. The van der Waals surface area contributed by atoms with Crippen molar-refractivity contribution >= 4 is 34.7 Å². The number of carbonyl (C=O) groups excluding carboxylic acids is 1. The van der Waals surface area contributed by atoms with E-state index in [1.807, 2.05) is 17.5 Å². The first-order valence-corrected chi connectivity index (χ1v) is 10.4. The molecule has 1 heterocycles. The van der Waals surface area contributed by atoms with Crippen LogP contribution in [0.3, 0.4) is 0 Å². The number of nitrogens with zero attached hydrogens (tertiary/aromatic N) is 1. The van der Waals surface area contributed by atoms with Crippen LogP contribution in [0.1, 0.15) is 27.6 Å². The van der Waals surface area contributed by atoms with Gasteiger partial charge in [0.15, 0.2) is 0 Å². The van der Waals surface area contributed by atoms with Crippen molar-refractivity contribution in [1.29, 1.82) is 0 Å². The van der Waals surface area contributed by atoms with Crippen molar-refractivity contribution in [2.45, 2.75) is 16.8 Å². The van der Waals surface area contributed by atoms with Crippen molar-refractivity contribution < 1.29 is 14.8 Å². The van der Waals surface area contributed by atoms with Crippen molar-refractivity contribution in [2.24, 2.45) is 0 Å². The maximum absolute atomic E-state index is 12.6. The molecule has 6 nitrogen and oxygen atoms in total. The molecule has 0 bridgehead atoms. The van der Waals surface area contributed by atoms with E-state index >= 15 is 0 Å². The Hall–Kier alpha value is -2.68. The molecule has 0 radical (unpaired) electrons. The smallest absolute Gasteiger partial charge is 0.269 e. The van der Waals surface area contributed by atoms with Crippen LogP contribution in [0.15, 0.2) is 70.3 Å². The molecule has 0 fully saturated rings. The van der Waals surface area contributed by atoms with E-state index in [4.69, 9.17) is 0 Å². The van der Waals surface area contributed by atoms with Gasteiger partial charge in [-0.1, -0.05) is 12.1 Å². The van der Waals surface area contributed by atoms with Crippen LogP contribution in [0.5, 0.6) is 0 Å². The highest BCUT2D eigenvalue weighted by atomic mass is 32.2. The predicted octanol–water partition coefficient (Wildman–Crippen LogP) is 4.41. The van der Waals surface area contributed by atoms with Crippen LogP contribution in [-0.4, -0.2) is 22.5 Å². The molecule has 3 rings (SSSR count). The van der Waals surface area contributed by atoms with E-state index in [0.717, 1.165) is 10.6 Å². The Morgan fingerprint density at radius 2 is 1.93 bits per heavy atom. The highest BCUT2D eigenvalue weighted by molar-refractivity contribution is 7.98. The van der Waals surface area contributed by atoms with Crippen LogP contribution in [0.25, 0.3) is 0 Å². The van der Waals surface area contributed by atoms with Crippen LogP contribution in [0.4, 0.5) is 5.69 Å². The number of carbonyl (C=O) groups is 1. The highest BCUT2D eigenvalue weighted by Crippen LogP contribution is 2.27. The number of nitro groups is 1. The summed E-state index contributed by atoms with van der Waals surface area (Å²) in [7, 11) is 0. The topological polar surface area (TPSA) is 92.5 Å². The molecular weight excluding hydrogens is 396 g/mol. The number of amides is 1. The lowest BCUT2D eigenvalue weighted by molar-refractivity contribution is -0.384. The standard InChI is InChI=1S/C20H18N2O4S2/c23-18(15-5-7-16(8-6-15)22(25)26)11-21-20(24)17-3-1-2-4-19(17)28-13-14-9-10-27-12-14/h1-10,12,18,23H,11,13H2,(H,21,24)/t18-/m0/s1. The van der Waals surface area contributed by atoms with E-state index in [1.165, 1.54) is 29.8 Å². The fourth-order valence-electron chi connectivity index (χ4n) is 2.54. The minimum absolute atomic E-state index is 0.0141. The van der Waals surface area contributed by atoms with Crippen molar-refractivity contribution in [2.75, 3.05) is 6.54 Å². The molecule has 0 spiro atoms. The molecule has 0 aliphatic rings. The number of aliphatic hydroxyl groups is 1. The molecule has 3 aromatic rings. The van der Waals surface area contributed by atoms with E-state index in [1.54, 1.807) is 35.2 Å². The molecule has 144 valence electrons. The van der Waals surface area contributed by atoms with E-state index in [-0.39, 0.29) is 18.1 Å². The van der Waals surface area contributed by atoms with E-state index in [0.29, 0.717) is 11.1 Å². The molecule has 0 unspecified atom stereocenters. The maximum atomic E-state index is 12.6. The van der Waals surface area contributed by atoms with Crippen LogP contribution in [-0.2, 0) is 5.75 Å². The van der Waals surface area contributed by atoms with Gasteiger partial charge in [-0.25, -0.2) is 0 Å². The Morgan fingerprint density at radius 3 is 2.61 bits per heavy atom. The zero-order valence-electron chi connectivity index (χ0n) is 14.8. The Kier molecular flexibility index (Phi) is 6.80. The summed E-state index contributed by atoms with van der Waals surface area (Å²) in [6.07, 6.45) is -0.949. The monoisotopic (exact) mass is 414 g/mol. The fourth-order valence-corrected chi connectivity index (χ4v) is 4.30. The summed E-state index contributed by atoms with van der Waals surface area (Å²) in [4.78, 5) is 23.7. The second-order valence-electron chi connectivity index (χ2n) is 5.99. The molecule has 0 saturated heterocycles. The molecule has 28 heavy (non-hydrogen) atoms. The Morgan fingerprint density at radius 1 is 1.18 bits per heavy atom. The SMILES string of the molecule is O=C(NC[C@H](O)c1ccc([N+](=O)[O-])cc1)c1ccccc1SCc1ccsc1. The van der Waals surface area contributed by atoms with Crippen LogP contribution in [0, 0.1) is 10.1 Å². The number of non-ortho nitro benzene ring substituents is 1. The second kappa shape index (κ2) is 9.50. The van der Waals surface area contributed by atoms with Gasteiger partial charge in [0.25, 0.3) is 11.6 Å². The van der Waals surface area contributed by atoms with Gasteiger partial charge in [0.05, 0.1) is 16.6 Å². The maximum Gasteiger partial charge on any atom is 0.269 e. The summed E-state index contributed by atoms with van der Waals surface area (Å²) in [6.45, 7) is 0.0141. The van der Waals surface area contributed by atoms with Crippen molar-refractivity contribution in [3.8, 4) is 0 Å². The summed E-state index contributed by atoms with van der Waals surface area (Å²) < 4.78 is 0. The number of nitro benzene ring substituents is 1. The summed E-state index contributed by atoms with van der Waals surface area (Å²) >= 11 is 3.23. The van der Waals surface area contributed by atoms with Crippen LogP contribution < -0.4 is 5.32 Å².